The fourth-order valence-electron chi connectivity index (χ4n) is 2.00. The van der Waals surface area contributed by atoms with E-state index < -0.39 is 0 Å². The second-order valence-corrected chi connectivity index (χ2v) is 5.38. The van der Waals surface area contributed by atoms with Crippen LogP contribution in [0.1, 0.15) is 11.1 Å². The van der Waals surface area contributed by atoms with Gasteiger partial charge < -0.3 is 5.73 Å². The van der Waals surface area contributed by atoms with Gasteiger partial charge in [-0.1, -0.05) is 41.1 Å². The first-order valence-corrected chi connectivity index (χ1v) is 7.00. The van der Waals surface area contributed by atoms with Gasteiger partial charge in [-0.25, -0.2) is 4.98 Å². The number of fused-ring (bicyclic) bond motifs is 1. The van der Waals surface area contributed by atoms with Gasteiger partial charge in [0.05, 0.1) is 5.56 Å². The molecule has 0 saturated heterocycles. The number of nitrogens with two attached hydrogens (primary N) is 1. The van der Waals surface area contributed by atoms with Crippen LogP contribution >= 0.6 is 23.2 Å². The van der Waals surface area contributed by atoms with E-state index in [0.29, 0.717) is 21.4 Å². The fourth-order valence-corrected chi connectivity index (χ4v) is 2.30. The van der Waals surface area contributed by atoms with Gasteiger partial charge in [-0.05, 0) is 36.4 Å². The van der Waals surface area contributed by atoms with Crippen LogP contribution in [0.4, 0.5) is 5.82 Å². The third kappa shape index (κ3) is 2.95. The molecule has 4 heteroatoms. The summed E-state index contributed by atoms with van der Waals surface area (Å²) in [6.45, 7) is 0. The molecule has 0 radical (unpaired) electrons. The van der Waals surface area contributed by atoms with Crippen molar-refractivity contribution in [1.29, 1.82) is 0 Å². The lowest BCUT2D eigenvalue weighted by atomic mass is 10.1. The van der Waals surface area contributed by atoms with E-state index in [1.165, 1.54) is 0 Å². The Bertz CT molecular complexity index is 870. The molecule has 0 amide bonds. The molecule has 0 bridgehead atoms. The molecular weight excluding hydrogens is 303 g/mol. The highest BCUT2D eigenvalue weighted by Crippen LogP contribution is 2.24. The number of aromatic nitrogens is 1. The number of hydrogen-bond donors (Lipinski definition) is 1. The number of benzene rings is 2. The van der Waals surface area contributed by atoms with E-state index in [4.69, 9.17) is 28.9 Å². The summed E-state index contributed by atoms with van der Waals surface area (Å²) in [5.41, 5.74) is 7.49. The number of anilines is 1. The highest BCUT2D eigenvalue weighted by Gasteiger charge is 2.05. The van der Waals surface area contributed by atoms with E-state index in [-0.39, 0.29) is 0 Å². The van der Waals surface area contributed by atoms with Crippen LogP contribution in [0.15, 0.2) is 48.7 Å². The number of pyridine rings is 1. The lowest BCUT2D eigenvalue weighted by Gasteiger charge is -2.04. The first-order chi connectivity index (χ1) is 10.1. The molecule has 0 spiro atoms. The zero-order valence-corrected chi connectivity index (χ0v) is 12.4. The molecule has 2 aromatic carbocycles. The molecule has 0 aliphatic heterocycles. The van der Waals surface area contributed by atoms with E-state index in [0.717, 1.165) is 16.3 Å². The van der Waals surface area contributed by atoms with E-state index >= 15 is 0 Å². The van der Waals surface area contributed by atoms with Gasteiger partial charge in [-0.15, -0.1) is 0 Å². The Morgan fingerprint density at radius 2 is 1.62 bits per heavy atom. The molecule has 0 unspecified atom stereocenters. The molecule has 0 aliphatic carbocycles. The van der Waals surface area contributed by atoms with E-state index in [1.54, 1.807) is 18.3 Å². The predicted octanol–water partition coefficient (Wildman–Crippen LogP) is 4.52. The Kier molecular flexibility index (Phi) is 3.70. The lowest BCUT2D eigenvalue weighted by molar-refractivity contribution is 1.36. The summed E-state index contributed by atoms with van der Waals surface area (Å²) >= 11 is 11.9. The second kappa shape index (κ2) is 5.65. The summed E-state index contributed by atoms with van der Waals surface area (Å²) in [5, 5.41) is 3.17. The van der Waals surface area contributed by atoms with Crippen molar-refractivity contribution in [3.63, 3.8) is 0 Å². The quantitative estimate of drug-likeness (QED) is 0.620. The summed E-state index contributed by atoms with van der Waals surface area (Å²) in [7, 11) is 0. The van der Waals surface area contributed by atoms with Crippen molar-refractivity contribution >= 4 is 39.8 Å². The van der Waals surface area contributed by atoms with Gasteiger partial charge in [0.1, 0.15) is 5.82 Å². The van der Waals surface area contributed by atoms with E-state index in [2.05, 4.69) is 16.8 Å². The van der Waals surface area contributed by atoms with Gasteiger partial charge in [0.2, 0.25) is 0 Å². The monoisotopic (exact) mass is 312 g/mol. The molecule has 2 N–H and O–H groups in total. The Labute approximate surface area is 132 Å². The standard InChI is InChI=1S/C17H10Cl2N2/c18-13-5-1-11(2-6-13)3-8-15-16-9-14(19)7-4-12(16)10-21-17(15)20/h1-2,4-7,9-10H,(H2,20,21). The summed E-state index contributed by atoms with van der Waals surface area (Å²) < 4.78 is 0. The maximum atomic E-state index is 6.05. The average molecular weight is 313 g/mol. The number of rotatable bonds is 0. The lowest BCUT2D eigenvalue weighted by Crippen LogP contribution is -1.95. The first-order valence-electron chi connectivity index (χ1n) is 6.25. The van der Waals surface area contributed by atoms with Gasteiger partial charge in [-0.3, -0.25) is 0 Å². The van der Waals surface area contributed by atoms with Crippen molar-refractivity contribution in [2.45, 2.75) is 0 Å². The van der Waals surface area contributed by atoms with Crippen molar-refractivity contribution in [2.75, 3.05) is 5.73 Å². The van der Waals surface area contributed by atoms with Crippen LogP contribution in [-0.4, -0.2) is 4.98 Å². The number of hydrogen-bond acceptors (Lipinski definition) is 2. The minimum absolute atomic E-state index is 0.395. The largest absolute Gasteiger partial charge is 0.383 e. The van der Waals surface area contributed by atoms with Gasteiger partial charge in [0, 0.05) is 32.6 Å². The minimum Gasteiger partial charge on any atom is -0.383 e. The maximum absolute atomic E-state index is 6.05. The predicted molar refractivity (Wildman–Crippen MR) is 88.6 cm³/mol. The van der Waals surface area contributed by atoms with Crippen molar-refractivity contribution in [3.05, 3.63) is 69.8 Å². The maximum Gasteiger partial charge on any atom is 0.139 e. The van der Waals surface area contributed by atoms with E-state index in [9.17, 15) is 0 Å². The molecule has 0 atom stereocenters. The van der Waals surface area contributed by atoms with Crippen molar-refractivity contribution in [3.8, 4) is 11.8 Å². The van der Waals surface area contributed by atoms with Crippen molar-refractivity contribution in [1.82, 2.24) is 4.98 Å². The highest BCUT2D eigenvalue weighted by molar-refractivity contribution is 6.31. The van der Waals surface area contributed by atoms with Crippen molar-refractivity contribution < 1.29 is 0 Å². The molecule has 3 rings (SSSR count). The molecule has 2 nitrogen and oxygen atoms in total. The van der Waals surface area contributed by atoms with Crippen LogP contribution in [0, 0.1) is 11.8 Å². The van der Waals surface area contributed by atoms with Crippen LogP contribution in [0.25, 0.3) is 10.8 Å². The van der Waals surface area contributed by atoms with Crippen LogP contribution in [0.5, 0.6) is 0 Å². The Hall–Kier alpha value is -2.21. The van der Waals surface area contributed by atoms with Gasteiger partial charge in [-0.2, -0.15) is 0 Å². The topological polar surface area (TPSA) is 38.9 Å². The summed E-state index contributed by atoms with van der Waals surface area (Å²) in [4.78, 5) is 4.17. The third-order valence-corrected chi connectivity index (χ3v) is 3.55. The molecule has 0 aliphatic rings. The first kappa shape index (κ1) is 13.8. The minimum atomic E-state index is 0.395. The molecule has 0 fully saturated rings. The summed E-state index contributed by atoms with van der Waals surface area (Å²) in [6.07, 6.45) is 1.72. The number of nitrogens with zero attached hydrogens (tertiary/aromatic N) is 1. The normalized spacial score (nSPS) is 10.2. The number of halogens is 2. The highest BCUT2D eigenvalue weighted by atomic mass is 35.5. The second-order valence-electron chi connectivity index (χ2n) is 4.51. The Balaban J connectivity index is 2.14. The van der Waals surface area contributed by atoms with Gasteiger partial charge in [0.15, 0.2) is 0 Å². The average Bonchev–Trinajstić information content (AvgIpc) is 2.48. The number of nitrogen functional groups attached to an aromatic ring is 1. The molecule has 21 heavy (non-hydrogen) atoms. The van der Waals surface area contributed by atoms with Gasteiger partial charge in [0.25, 0.3) is 0 Å². The summed E-state index contributed by atoms with van der Waals surface area (Å²) in [6, 6.07) is 12.9. The zero-order chi connectivity index (χ0) is 14.8. The molecule has 0 saturated carbocycles. The SMILES string of the molecule is Nc1ncc2ccc(Cl)cc2c1C#Cc1ccc(Cl)cc1. The van der Waals surface area contributed by atoms with Crippen LogP contribution in [0.2, 0.25) is 10.0 Å². The van der Waals surface area contributed by atoms with Crippen LogP contribution < -0.4 is 5.73 Å². The molecule has 1 aromatic heterocycles. The molecule has 3 aromatic rings. The van der Waals surface area contributed by atoms with Crippen LogP contribution in [0.3, 0.4) is 0 Å². The van der Waals surface area contributed by atoms with Crippen molar-refractivity contribution in [2.24, 2.45) is 0 Å². The molecule has 102 valence electrons. The fraction of sp³-hybridized carbons (Fsp3) is 0. The van der Waals surface area contributed by atoms with E-state index in [1.807, 2.05) is 30.3 Å². The Morgan fingerprint density at radius 1 is 0.905 bits per heavy atom. The Morgan fingerprint density at radius 3 is 2.38 bits per heavy atom. The molecule has 1 heterocycles. The third-order valence-electron chi connectivity index (χ3n) is 3.06. The summed E-state index contributed by atoms with van der Waals surface area (Å²) in [5.74, 6) is 6.54. The smallest absolute Gasteiger partial charge is 0.139 e. The van der Waals surface area contributed by atoms with Gasteiger partial charge >= 0.3 is 0 Å². The zero-order valence-electron chi connectivity index (χ0n) is 10.9. The molecular formula is C17H10Cl2N2. The van der Waals surface area contributed by atoms with Crippen LogP contribution in [-0.2, 0) is 0 Å².